The Bertz CT molecular complexity index is 492. The molecule has 0 saturated carbocycles. The fourth-order valence-corrected chi connectivity index (χ4v) is 1.50. The molecule has 5 heteroatoms. The number of hydrogen-bond acceptors (Lipinski definition) is 3. The molecular formula is C11H13FN4. The minimum Gasteiger partial charge on any atom is -0.396 e. The highest BCUT2D eigenvalue weighted by atomic mass is 19.1. The van der Waals surface area contributed by atoms with Crippen LogP contribution in [-0.2, 0) is 6.42 Å². The van der Waals surface area contributed by atoms with Crippen molar-refractivity contribution in [3.8, 4) is 11.4 Å². The summed E-state index contributed by atoms with van der Waals surface area (Å²) in [5.41, 5.74) is 6.24. The largest absolute Gasteiger partial charge is 0.396 e. The van der Waals surface area contributed by atoms with Gasteiger partial charge in [0.1, 0.15) is 11.6 Å². The van der Waals surface area contributed by atoms with E-state index in [2.05, 4.69) is 22.1 Å². The number of nitrogen functional groups attached to an aromatic ring is 1. The summed E-state index contributed by atoms with van der Waals surface area (Å²) in [6, 6.07) is 4.62. The van der Waals surface area contributed by atoms with Gasteiger partial charge in [-0.15, -0.1) is 0 Å². The number of nitrogens with one attached hydrogen (secondary N) is 1. The van der Waals surface area contributed by atoms with Crippen LogP contribution in [0.4, 0.5) is 10.1 Å². The number of nitrogens with zero attached hydrogens (tertiary/aromatic N) is 2. The Morgan fingerprint density at radius 2 is 2.25 bits per heavy atom. The number of nitrogens with two attached hydrogens (primary N) is 1. The second-order valence-corrected chi connectivity index (χ2v) is 3.56. The van der Waals surface area contributed by atoms with Crippen LogP contribution in [0.3, 0.4) is 0 Å². The molecule has 0 atom stereocenters. The van der Waals surface area contributed by atoms with Gasteiger partial charge in [-0.25, -0.2) is 9.37 Å². The van der Waals surface area contributed by atoms with E-state index in [1.165, 1.54) is 6.07 Å². The zero-order valence-corrected chi connectivity index (χ0v) is 9.00. The van der Waals surface area contributed by atoms with Crippen LogP contribution >= 0.6 is 0 Å². The normalized spacial score (nSPS) is 10.6. The molecule has 1 aromatic heterocycles. The van der Waals surface area contributed by atoms with Crippen molar-refractivity contribution in [3.05, 3.63) is 29.8 Å². The van der Waals surface area contributed by atoms with Crippen molar-refractivity contribution in [3.63, 3.8) is 0 Å². The number of rotatable bonds is 3. The van der Waals surface area contributed by atoms with Crippen LogP contribution in [0.25, 0.3) is 11.4 Å². The Morgan fingerprint density at radius 3 is 3.00 bits per heavy atom. The van der Waals surface area contributed by atoms with Crippen molar-refractivity contribution in [1.82, 2.24) is 15.2 Å². The molecule has 2 aromatic rings. The maximum atomic E-state index is 13.2. The smallest absolute Gasteiger partial charge is 0.183 e. The van der Waals surface area contributed by atoms with Crippen molar-refractivity contribution >= 4 is 5.69 Å². The molecule has 0 aliphatic rings. The summed E-state index contributed by atoms with van der Waals surface area (Å²) < 4.78 is 13.2. The predicted octanol–water partition coefficient (Wildman–Crippen LogP) is 2.15. The number of aromatic amines is 1. The van der Waals surface area contributed by atoms with Gasteiger partial charge in [-0.1, -0.05) is 13.0 Å². The highest BCUT2D eigenvalue weighted by molar-refractivity contribution is 5.71. The number of benzene rings is 1. The van der Waals surface area contributed by atoms with Gasteiger partial charge in [0.15, 0.2) is 5.82 Å². The van der Waals surface area contributed by atoms with E-state index in [-0.39, 0.29) is 5.69 Å². The summed E-state index contributed by atoms with van der Waals surface area (Å²) in [5.74, 6) is 0.793. The number of anilines is 1. The lowest BCUT2D eigenvalue weighted by molar-refractivity contribution is 0.633. The van der Waals surface area contributed by atoms with Crippen LogP contribution in [0.1, 0.15) is 19.2 Å². The molecule has 0 saturated heterocycles. The van der Waals surface area contributed by atoms with Gasteiger partial charge in [-0.05, 0) is 18.6 Å². The SMILES string of the molecule is CCCc1nc(-c2cccc(F)c2N)n[nH]1. The van der Waals surface area contributed by atoms with E-state index >= 15 is 0 Å². The van der Waals surface area contributed by atoms with Crippen molar-refractivity contribution in [2.45, 2.75) is 19.8 Å². The van der Waals surface area contributed by atoms with Crippen LogP contribution in [0.5, 0.6) is 0 Å². The molecular weight excluding hydrogens is 207 g/mol. The molecule has 16 heavy (non-hydrogen) atoms. The predicted molar refractivity (Wildman–Crippen MR) is 60.2 cm³/mol. The third kappa shape index (κ3) is 1.88. The molecule has 84 valence electrons. The molecule has 0 amide bonds. The summed E-state index contributed by atoms with van der Waals surface area (Å²) in [4.78, 5) is 4.26. The van der Waals surface area contributed by atoms with Gasteiger partial charge >= 0.3 is 0 Å². The minimum absolute atomic E-state index is 0.0875. The lowest BCUT2D eigenvalue weighted by atomic mass is 10.1. The maximum Gasteiger partial charge on any atom is 0.183 e. The first kappa shape index (κ1) is 10.6. The fraction of sp³-hybridized carbons (Fsp3) is 0.273. The van der Waals surface area contributed by atoms with E-state index in [9.17, 15) is 4.39 Å². The van der Waals surface area contributed by atoms with Gasteiger partial charge in [0.2, 0.25) is 0 Å². The lowest BCUT2D eigenvalue weighted by Gasteiger charge is -2.01. The number of halogens is 1. The first-order valence-corrected chi connectivity index (χ1v) is 5.18. The van der Waals surface area contributed by atoms with E-state index < -0.39 is 5.82 Å². The van der Waals surface area contributed by atoms with Gasteiger partial charge in [0, 0.05) is 12.0 Å². The Balaban J connectivity index is 2.39. The van der Waals surface area contributed by atoms with E-state index in [0.717, 1.165) is 18.7 Å². The Labute approximate surface area is 92.7 Å². The van der Waals surface area contributed by atoms with Crippen LogP contribution in [0, 0.1) is 5.82 Å². The molecule has 2 rings (SSSR count). The van der Waals surface area contributed by atoms with Crippen molar-refractivity contribution in [2.75, 3.05) is 5.73 Å². The lowest BCUT2D eigenvalue weighted by Crippen LogP contribution is -1.95. The molecule has 4 nitrogen and oxygen atoms in total. The van der Waals surface area contributed by atoms with E-state index in [0.29, 0.717) is 11.4 Å². The van der Waals surface area contributed by atoms with Gasteiger partial charge in [-0.2, -0.15) is 5.10 Å². The summed E-state index contributed by atoms with van der Waals surface area (Å²) in [6.45, 7) is 2.05. The van der Waals surface area contributed by atoms with Crippen LogP contribution in [-0.4, -0.2) is 15.2 Å². The summed E-state index contributed by atoms with van der Waals surface area (Å²) in [5, 5.41) is 6.84. The van der Waals surface area contributed by atoms with Gasteiger partial charge in [0.05, 0.1) is 5.69 Å². The second-order valence-electron chi connectivity index (χ2n) is 3.56. The van der Waals surface area contributed by atoms with Crippen molar-refractivity contribution in [1.29, 1.82) is 0 Å². The number of aryl methyl sites for hydroxylation is 1. The van der Waals surface area contributed by atoms with E-state index in [1.54, 1.807) is 12.1 Å². The highest BCUT2D eigenvalue weighted by Gasteiger charge is 2.11. The standard InChI is InChI=1S/C11H13FN4/c1-2-4-9-14-11(16-15-9)7-5-3-6-8(12)10(7)13/h3,5-6H,2,4,13H2,1H3,(H,14,15,16). The Morgan fingerprint density at radius 1 is 1.44 bits per heavy atom. The molecule has 0 bridgehead atoms. The van der Waals surface area contributed by atoms with E-state index in [1.807, 2.05) is 0 Å². The Kier molecular flexibility index (Phi) is 2.85. The molecule has 0 radical (unpaired) electrons. The average molecular weight is 220 g/mol. The zero-order valence-electron chi connectivity index (χ0n) is 9.00. The summed E-state index contributed by atoms with van der Waals surface area (Å²) >= 11 is 0. The number of hydrogen-bond donors (Lipinski definition) is 2. The van der Waals surface area contributed by atoms with Gasteiger partial charge < -0.3 is 5.73 Å². The molecule has 0 fully saturated rings. The van der Waals surface area contributed by atoms with Crippen LogP contribution in [0.15, 0.2) is 18.2 Å². The third-order valence-electron chi connectivity index (χ3n) is 2.31. The first-order valence-electron chi connectivity index (χ1n) is 5.18. The molecule has 1 heterocycles. The zero-order chi connectivity index (χ0) is 11.5. The van der Waals surface area contributed by atoms with Gasteiger partial charge in [-0.3, -0.25) is 5.10 Å². The molecule has 0 unspecified atom stereocenters. The number of H-pyrrole nitrogens is 1. The van der Waals surface area contributed by atoms with Crippen LogP contribution < -0.4 is 5.73 Å². The molecule has 0 aliphatic heterocycles. The first-order chi connectivity index (χ1) is 7.72. The maximum absolute atomic E-state index is 13.2. The molecule has 0 aliphatic carbocycles. The average Bonchev–Trinajstić information content (AvgIpc) is 2.71. The van der Waals surface area contributed by atoms with Gasteiger partial charge in [0.25, 0.3) is 0 Å². The molecule has 0 spiro atoms. The van der Waals surface area contributed by atoms with Crippen LogP contribution in [0.2, 0.25) is 0 Å². The quantitative estimate of drug-likeness (QED) is 0.779. The Hall–Kier alpha value is -1.91. The third-order valence-corrected chi connectivity index (χ3v) is 2.31. The van der Waals surface area contributed by atoms with E-state index in [4.69, 9.17) is 5.73 Å². The van der Waals surface area contributed by atoms with Crippen molar-refractivity contribution < 1.29 is 4.39 Å². The topological polar surface area (TPSA) is 67.6 Å². The summed E-state index contributed by atoms with van der Waals surface area (Å²) in [6.07, 6.45) is 1.80. The summed E-state index contributed by atoms with van der Waals surface area (Å²) in [7, 11) is 0. The number of para-hydroxylation sites is 1. The fourth-order valence-electron chi connectivity index (χ4n) is 1.50. The second kappa shape index (κ2) is 4.30. The minimum atomic E-state index is -0.445. The monoisotopic (exact) mass is 220 g/mol. The molecule has 3 N–H and O–H groups in total. The molecule has 1 aromatic carbocycles. The van der Waals surface area contributed by atoms with Crippen molar-refractivity contribution in [2.24, 2.45) is 0 Å². The number of aromatic nitrogens is 3. The highest BCUT2D eigenvalue weighted by Crippen LogP contribution is 2.24.